The highest BCUT2D eigenvalue weighted by molar-refractivity contribution is 7.98. The van der Waals surface area contributed by atoms with Crippen molar-refractivity contribution in [2.24, 2.45) is 7.05 Å². The van der Waals surface area contributed by atoms with Crippen molar-refractivity contribution >= 4 is 44.7 Å². The van der Waals surface area contributed by atoms with Gasteiger partial charge in [0.2, 0.25) is 0 Å². The number of rotatable bonds is 6. The summed E-state index contributed by atoms with van der Waals surface area (Å²) in [6, 6.07) is 9.72. The molecular formula is C20H18N2O3S3. The van der Waals surface area contributed by atoms with Crippen molar-refractivity contribution in [2.75, 3.05) is 14.2 Å². The topological polar surface area (TPSA) is 53.4 Å². The number of benzene rings is 1. The first-order valence-electron chi connectivity index (χ1n) is 8.48. The van der Waals surface area contributed by atoms with Crippen LogP contribution in [0.1, 0.15) is 5.56 Å². The molecule has 8 heteroatoms. The summed E-state index contributed by atoms with van der Waals surface area (Å²) in [6.45, 7) is 0. The fourth-order valence-corrected chi connectivity index (χ4v) is 5.68. The smallest absolute Gasteiger partial charge is 0.263 e. The summed E-state index contributed by atoms with van der Waals surface area (Å²) in [7, 11) is 5.06. The van der Waals surface area contributed by atoms with E-state index in [0.717, 1.165) is 32.3 Å². The minimum Gasteiger partial charge on any atom is -0.497 e. The number of thioether (sulfide) groups is 1. The number of fused-ring (bicyclic) bond motifs is 1. The lowest BCUT2D eigenvalue weighted by Gasteiger charge is -2.11. The molecular weight excluding hydrogens is 412 g/mol. The Labute approximate surface area is 174 Å². The lowest BCUT2D eigenvalue weighted by atomic mass is 10.2. The first-order chi connectivity index (χ1) is 13.6. The van der Waals surface area contributed by atoms with E-state index in [1.54, 1.807) is 37.2 Å². The predicted octanol–water partition coefficient (Wildman–Crippen LogP) is 5.03. The maximum absolute atomic E-state index is 13.0. The molecule has 0 unspecified atom stereocenters. The van der Waals surface area contributed by atoms with Gasteiger partial charge in [-0.05, 0) is 29.6 Å². The number of aromatic nitrogens is 2. The maximum Gasteiger partial charge on any atom is 0.263 e. The normalized spacial score (nSPS) is 11.1. The van der Waals surface area contributed by atoms with E-state index < -0.39 is 0 Å². The molecule has 0 aliphatic rings. The number of ether oxygens (including phenoxy) is 2. The fourth-order valence-electron chi connectivity index (χ4n) is 2.93. The zero-order valence-corrected chi connectivity index (χ0v) is 18.0. The van der Waals surface area contributed by atoms with Crippen molar-refractivity contribution in [3.63, 3.8) is 0 Å². The summed E-state index contributed by atoms with van der Waals surface area (Å²) in [6.07, 6.45) is 0. The number of thiophene rings is 2. The Bertz CT molecular complexity index is 1180. The van der Waals surface area contributed by atoms with Crippen LogP contribution in [-0.4, -0.2) is 23.8 Å². The van der Waals surface area contributed by atoms with Gasteiger partial charge in [-0.3, -0.25) is 9.36 Å². The van der Waals surface area contributed by atoms with E-state index in [-0.39, 0.29) is 5.56 Å². The summed E-state index contributed by atoms with van der Waals surface area (Å²) in [5.74, 6) is 2.18. The van der Waals surface area contributed by atoms with E-state index in [2.05, 4.69) is 0 Å². The van der Waals surface area contributed by atoms with Gasteiger partial charge in [-0.15, -0.1) is 22.7 Å². The lowest BCUT2D eigenvalue weighted by molar-refractivity contribution is 0.400. The minimum absolute atomic E-state index is 0.0187. The predicted molar refractivity (Wildman–Crippen MR) is 117 cm³/mol. The van der Waals surface area contributed by atoms with Crippen LogP contribution in [-0.2, 0) is 12.8 Å². The van der Waals surface area contributed by atoms with Crippen LogP contribution < -0.4 is 15.0 Å². The summed E-state index contributed by atoms with van der Waals surface area (Å²) < 4.78 is 12.4. The summed E-state index contributed by atoms with van der Waals surface area (Å²) in [5.41, 5.74) is 1.94. The zero-order chi connectivity index (χ0) is 19.7. The van der Waals surface area contributed by atoms with E-state index in [4.69, 9.17) is 14.5 Å². The average molecular weight is 431 g/mol. The van der Waals surface area contributed by atoms with Crippen LogP contribution in [0.25, 0.3) is 20.7 Å². The molecule has 0 aliphatic heterocycles. The van der Waals surface area contributed by atoms with Crippen molar-refractivity contribution < 1.29 is 9.47 Å². The number of methoxy groups -OCH3 is 2. The molecule has 0 amide bonds. The Morgan fingerprint density at radius 1 is 1.18 bits per heavy atom. The molecule has 4 aromatic rings. The van der Waals surface area contributed by atoms with Crippen molar-refractivity contribution in [1.29, 1.82) is 0 Å². The zero-order valence-electron chi connectivity index (χ0n) is 15.6. The SMILES string of the molecule is COc1ccc(OC)c(CSc2nc3scc(-c4cccs4)c3c(=O)n2C)c1. The van der Waals surface area contributed by atoms with Crippen molar-refractivity contribution in [1.82, 2.24) is 9.55 Å². The van der Waals surface area contributed by atoms with Crippen LogP contribution in [0.2, 0.25) is 0 Å². The molecule has 0 saturated carbocycles. The van der Waals surface area contributed by atoms with Crippen LogP contribution >= 0.6 is 34.4 Å². The second kappa shape index (κ2) is 7.98. The molecule has 1 aromatic carbocycles. The van der Waals surface area contributed by atoms with Gasteiger partial charge in [0.25, 0.3) is 5.56 Å². The van der Waals surface area contributed by atoms with Crippen molar-refractivity contribution in [3.05, 3.63) is 57.0 Å². The highest BCUT2D eigenvalue weighted by atomic mass is 32.2. The van der Waals surface area contributed by atoms with Gasteiger partial charge in [-0.1, -0.05) is 17.8 Å². The van der Waals surface area contributed by atoms with E-state index in [1.807, 2.05) is 41.1 Å². The third kappa shape index (κ3) is 3.43. The summed E-state index contributed by atoms with van der Waals surface area (Å²) in [4.78, 5) is 19.7. The molecule has 0 fully saturated rings. The monoisotopic (exact) mass is 430 g/mol. The molecule has 28 heavy (non-hydrogen) atoms. The van der Waals surface area contributed by atoms with Gasteiger partial charge in [0.1, 0.15) is 16.3 Å². The second-order valence-corrected chi connectivity index (χ2v) is 8.78. The van der Waals surface area contributed by atoms with Gasteiger partial charge in [0.05, 0.1) is 19.6 Å². The molecule has 0 atom stereocenters. The van der Waals surface area contributed by atoms with Gasteiger partial charge in [-0.2, -0.15) is 0 Å². The van der Waals surface area contributed by atoms with Gasteiger partial charge >= 0.3 is 0 Å². The first-order valence-corrected chi connectivity index (χ1v) is 11.2. The summed E-state index contributed by atoms with van der Waals surface area (Å²) in [5, 5.41) is 5.41. The average Bonchev–Trinajstić information content (AvgIpc) is 3.38. The van der Waals surface area contributed by atoms with E-state index in [0.29, 0.717) is 16.3 Å². The van der Waals surface area contributed by atoms with Crippen LogP contribution in [0.4, 0.5) is 0 Å². The third-order valence-electron chi connectivity index (χ3n) is 4.41. The van der Waals surface area contributed by atoms with Crippen molar-refractivity contribution in [2.45, 2.75) is 10.9 Å². The van der Waals surface area contributed by atoms with Gasteiger partial charge in [-0.25, -0.2) is 4.98 Å². The molecule has 5 nitrogen and oxygen atoms in total. The molecule has 0 aliphatic carbocycles. The van der Waals surface area contributed by atoms with Crippen LogP contribution in [0.5, 0.6) is 11.5 Å². The van der Waals surface area contributed by atoms with E-state index in [9.17, 15) is 4.79 Å². The van der Waals surface area contributed by atoms with Gasteiger partial charge in [0.15, 0.2) is 5.16 Å². The molecule has 0 N–H and O–H groups in total. The maximum atomic E-state index is 13.0. The van der Waals surface area contributed by atoms with E-state index >= 15 is 0 Å². The Kier molecular flexibility index (Phi) is 5.43. The minimum atomic E-state index is -0.0187. The molecule has 3 aromatic heterocycles. The van der Waals surface area contributed by atoms with Gasteiger partial charge < -0.3 is 9.47 Å². The summed E-state index contributed by atoms with van der Waals surface area (Å²) >= 11 is 4.65. The third-order valence-corrected chi connectivity index (χ3v) is 7.26. The number of hydrogen-bond donors (Lipinski definition) is 0. The van der Waals surface area contributed by atoms with Crippen LogP contribution in [0.15, 0.2) is 51.0 Å². The van der Waals surface area contributed by atoms with Gasteiger partial charge in [0, 0.05) is 34.2 Å². The Hall–Kier alpha value is -2.29. The molecule has 4 rings (SSSR count). The Morgan fingerprint density at radius 3 is 2.75 bits per heavy atom. The Morgan fingerprint density at radius 2 is 2.04 bits per heavy atom. The molecule has 3 heterocycles. The molecule has 144 valence electrons. The quantitative estimate of drug-likeness (QED) is 0.317. The largest absolute Gasteiger partial charge is 0.497 e. The fraction of sp³-hybridized carbons (Fsp3) is 0.200. The highest BCUT2D eigenvalue weighted by Gasteiger charge is 2.17. The highest BCUT2D eigenvalue weighted by Crippen LogP contribution is 2.35. The molecule has 0 spiro atoms. The molecule has 0 saturated heterocycles. The van der Waals surface area contributed by atoms with Crippen molar-refractivity contribution in [3.8, 4) is 21.9 Å². The van der Waals surface area contributed by atoms with Crippen LogP contribution in [0.3, 0.4) is 0 Å². The lowest BCUT2D eigenvalue weighted by Crippen LogP contribution is -2.19. The number of nitrogens with zero attached hydrogens (tertiary/aromatic N) is 2. The first kappa shape index (κ1) is 19.0. The standard InChI is InChI=1S/C20H18N2O3S3/c1-22-19(23)17-14(16-5-4-8-26-16)11-27-18(17)21-20(22)28-10-12-9-13(24-2)6-7-15(12)25-3/h4-9,11H,10H2,1-3H3. The van der Waals surface area contributed by atoms with E-state index in [1.165, 1.54) is 23.1 Å². The molecule has 0 radical (unpaired) electrons. The molecule has 0 bridgehead atoms. The second-order valence-electron chi connectivity index (χ2n) is 6.03. The van der Waals surface area contributed by atoms with Crippen LogP contribution in [0, 0.1) is 0 Å². The Balaban J connectivity index is 1.69. The number of hydrogen-bond acceptors (Lipinski definition) is 7.